The molecule has 0 aliphatic heterocycles. The number of rotatable bonds is 3. The fourth-order valence-corrected chi connectivity index (χ4v) is 2.43. The molecule has 0 saturated heterocycles. The lowest BCUT2D eigenvalue weighted by Crippen LogP contribution is -2.30. The van der Waals surface area contributed by atoms with Crippen molar-refractivity contribution >= 4 is 44.8 Å². The molecule has 0 spiro atoms. The van der Waals surface area contributed by atoms with Crippen molar-refractivity contribution in [2.75, 3.05) is 18.5 Å². The summed E-state index contributed by atoms with van der Waals surface area (Å²) < 4.78 is 0. The summed E-state index contributed by atoms with van der Waals surface area (Å²) in [6, 6.07) is 9.74. The fourth-order valence-electron chi connectivity index (χ4n) is 2.22. The number of hydrogen-bond donors (Lipinski definition) is 3. The van der Waals surface area contributed by atoms with Crippen molar-refractivity contribution in [3.8, 4) is 0 Å². The lowest BCUT2D eigenvalue weighted by Gasteiger charge is -2.13. The molecule has 0 bridgehead atoms. The van der Waals surface area contributed by atoms with Gasteiger partial charge in [0.15, 0.2) is 5.11 Å². The van der Waals surface area contributed by atoms with Crippen LogP contribution in [0.3, 0.4) is 0 Å². The first-order valence-electron chi connectivity index (χ1n) is 6.58. The monoisotopic (exact) mass is 298 g/mol. The topological polar surface area (TPSA) is 70.1 Å². The zero-order chi connectivity index (χ0) is 14.7. The largest absolute Gasteiger partial charge is 0.395 e. The number of aromatic nitrogens is 2. The molecule has 6 heteroatoms. The van der Waals surface area contributed by atoms with Gasteiger partial charge in [0, 0.05) is 29.7 Å². The molecular weight excluding hydrogens is 284 g/mol. The number of nitrogens with zero attached hydrogens (tertiary/aromatic N) is 2. The van der Waals surface area contributed by atoms with Gasteiger partial charge >= 0.3 is 0 Å². The van der Waals surface area contributed by atoms with Crippen LogP contribution in [-0.4, -0.2) is 33.3 Å². The maximum atomic E-state index is 8.83. The summed E-state index contributed by atoms with van der Waals surface area (Å²) in [7, 11) is 0. The van der Waals surface area contributed by atoms with Gasteiger partial charge < -0.3 is 15.7 Å². The van der Waals surface area contributed by atoms with E-state index in [1.165, 1.54) is 0 Å². The van der Waals surface area contributed by atoms with E-state index in [2.05, 4.69) is 20.6 Å². The van der Waals surface area contributed by atoms with Gasteiger partial charge in [-0.2, -0.15) is 0 Å². The van der Waals surface area contributed by atoms with Gasteiger partial charge in [-0.05, 0) is 36.5 Å². The fraction of sp³-hybridized carbons (Fsp3) is 0.133. The third-order valence-corrected chi connectivity index (χ3v) is 3.35. The first-order chi connectivity index (χ1) is 10.3. The van der Waals surface area contributed by atoms with E-state index in [4.69, 9.17) is 17.3 Å². The Kier molecular flexibility index (Phi) is 3.89. The zero-order valence-electron chi connectivity index (χ0n) is 11.2. The summed E-state index contributed by atoms with van der Waals surface area (Å²) in [5.74, 6) is 0. The van der Waals surface area contributed by atoms with E-state index in [1.807, 2.05) is 30.3 Å². The molecular formula is C15H14N4OS. The van der Waals surface area contributed by atoms with Gasteiger partial charge in [0.25, 0.3) is 0 Å². The molecule has 106 valence electrons. The summed E-state index contributed by atoms with van der Waals surface area (Å²) in [6.45, 7) is 0.447. The molecule has 0 fully saturated rings. The third-order valence-electron chi connectivity index (χ3n) is 3.11. The summed E-state index contributed by atoms with van der Waals surface area (Å²) in [6.07, 6.45) is 3.51. The molecule has 3 rings (SSSR count). The van der Waals surface area contributed by atoms with Gasteiger partial charge in [0.2, 0.25) is 0 Å². The Hall–Kier alpha value is -2.31. The van der Waals surface area contributed by atoms with Crippen LogP contribution in [0.25, 0.3) is 21.8 Å². The van der Waals surface area contributed by atoms with Crippen molar-refractivity contribution in [1.29, 1.82) is 0 Å². The van der Waals surface area contributed by atoms with Crippen LogP contribution in [0.5, 0.6) is 0 Å². The van der Waals surface area contributed by atoms with E-state index in [9.17, 15) is 0 Å². The summed E-state index contributed by atoms with van der Waals surface area (Å²) >= 11 is 5.22. The number of pyridine rings is 2. The van der Waals surface area contributed by atoms with Crippen LogP contribution < -0.4 is 10.6 Å². The number of benzene rings is 1. The standard InChI is InChI=1S/C15H14N4OS/c20-8-7-18-15(21)19-12-9-10-3-1-5-16-13(10)14-11(12)4-2-6-17-14/h1-6,9,20H,7-8H2,(H2,18,19,21). The zero-order valence-corrected chi connectivity index (χ0v) is 12.0. The van der Waals surface area contributed by atoms with Gasteiger partial charge in [0.05, 0.1) is 23.3 Å². The maximum Gasteiger partial charge on any atom is 0.170 e. The van der Waals surface area contributed by atoms with Gasteiger partial charge in [0.1, 0.15) is 0 Å². The molecule has 2 aromatic heterocycles. The Morgan fingerprint density at radius 2 is 1.90 bits per heavy atom. The van der Waals surface area contributed by atoms with Crippen molar-refractivity contribution in [2.45, 2.75) is 0 Å². The second-order valence-corrected chi connectivity index (χ2v) is 4.91. The maximum absolute atomic E-state index is 8.83. The molecule has 0 amide bonds. The minimum atomic E-state index is 0.0335. The molecule has 3 N–H and O–H groups in total. The Balaban J connectivity index is 2.10. The molecule has 0 radical (unpaired) electrons. The Morgan fingerprint density at radius 1 is 1.14 bits per heavy atom. The van der Waals surface area contributed by atoms with E-state index in [-0.39, 0.29) is 6.61 Å². The third kappa shape index (κ3) is 2.76. The molecule has 0 unspecified atom stereocenters. The smallest absolute Gasteiger partial charge is 0.170 e. The highest BCUT2D eigenvalue weighted by molar-refractivity contribution is 7.80. The lowest BCUT2D eigenvalue weighted by atomic mass is 10.1. The van der Waals surface area contributed by atoms with Crippen LogP contribution in [0.2, 0.25) is 0 Å². The molecule has 0 saturated carbocycles. The van der Waals surface area contributed by atoms with Gasteiger partial charge in [-0.3, -0.25) is 9.97 Å². The van der Waals surface area contributed by atoms with Gasteiger partial charge in [-0.15, -0.1) is 0 Å². The first kappa shape index (κ1) is 13.7. The predicted molar refractivity (Wildman–Crippen MR) is 88.4 cm³/mol. The number of hydrogen-bond acceptors (Lipinski definition) is 4. The SMILES string of the molecule is OCCNC(=S)Nc1cc2cccnc2c2ncccc12. The van der Waals surface area contributed by atoms with E-state index in [0.717, 1.165) is 27.5 Å². The predicted octanol–water partition coefficient (Wildman–Crippen LogP) is 2.06. The van der Waals surface area contributed by atoms with E-state index >= 15 is 0 Å². The first-order valence-corrected chi connectivity index (χ1v) is 6.98. The Labute approximate surface area is 127 Å². The molecule has 2 heterocycles. The van der Waals surface area contributed by atoms with E-state index in [1.54, 1.807) is 12.4 Å². The van der Waals surface area contributed by atoms with Gasteiger partial charge in [-0.1, -0.05) is 6.07 Å². The highest BCUT2D eigenvalue weighted by Crippen LogP contribution is 2.29. The molecule has 5 nitrogen and oxygen atoms in total. The summed E-state index contributed by atoms with van der Waals surface area (Å²) in [5.41, 5.74) is 2.57. The Bertz CT molecular complexity index is 806. The number of nitrogens with one attached hydrogen (secondary N) is 2. The van der Waals surface area contributed by atoms with Crippen molar-refractivity contribution in [3.63, 3.8) is 0 Å². The molecule has 0 atom stereocenters. The average Bonchev–Trinajstić information content (AvgIpc) is 2.53. The van der Waals surface area contributed by atoms with Crippen LogP contribution >= 0.6 is 12.2 Å². The average molecular weight is 298 g/mol. The van der Waals surface area contributed by atoms with Crippen LogP contribution in [0.4, 0.5) is 5.69 Å². The van der Waals surface area contributed by atoms with Gasteiger partial charge in [-0.25, -0.2) is 0 Å². The van der Waals surface area contributed by atoms with E-state index < -0.39 is 0 Å². The quantitative estimate of drug-likeness (QED) is 0.508. The second kappa shape index (κ2) is 5.99. The van der Waals surface area contributed by atoms with Crippen LogP contribution in [0.15, 0.2) is 42.7 Å². The van der Waals surface area contributed by atoms with E-state index in [0.29, 0.717) is 11.7 Å². The number of anilines is 1. The molecule has 0 aliphatic carbocycles. The molecule has 1 aromatic carbocycles. The van der Waals surface area contributed by atoms with Crippen molar-refractivity contribution in [3.05, 3.63) is 42.7 Å². The highest BCUT2D eigenvalue weighted by Gasteiger charge is 2.09. The lowest BCUT2D eigenvalue weighted by molar-refractivity contribution is 0.301. The van der Waals surface area contributed by atoms with Crippen molar-refractivity contribution in [2.24, 2.45) is 0 Å². The number of aliphatic hydroxyl groups excluding tert-OH is 1. The summed E-state index contributed by atoms with van der Waals surface area (Å²) in [5, 5.41) is 17.3. The van der Waals surface area contributed by atoms with Crippen LogP contribution in [0.1, 0.15) is 0 Å². The van der Waals surface area contributed by atoms with Crippen LogP contribution in [-0.2, 0) is 0 Å². The highest BCUT2D eigenvalue weighted by atomic mass is 32.1. The second-order valence-electron chi connectivity index (χ2n) is 4.50. The number of aliphatic hydroxyl groups is 1. The minimum absolute atomic E-state index is 0.0335. The Morgan fingerprint density at radius 3 is 2.71 bits per heavy atom. The van der Waals surface area contributed by atoms with Crippen molar-refractivity contribution in [1.82, 2.24) is 15.3 Å². The summed E-state index contributed by atoms with van der Waals surface area (Å²) in [4.78, 5) is 8.84. The number of thiocarbonyl (C=S) groups is 1. The normalized spacial score (nSPS) is 10.7. The molecule has 0 aliphatic rings. The molecule has 3 aromatic rings. The number of fused-ring (bicyclic) bond motifs is 3. The minimum Gasteiger partial charge on any atom is -0.395 e. The van der Waals surface area contributed by atoms with Crippen molar-refractivity contribution < 1.29 is 5.11 Å². The molecule has 21 heavy (non-hydrogen) atoms. The van der Waals surface area contributed by atoms with Crippen LogP contribution in [0, 0.1) is 0 Å².